The van der Waals surface area contributed by atoms with Gasteiger partial charge in [0.1, 0.15) is 11.9 Å². The average molecular weight is 392 g/mol. The van der Waals surface area contributed by atoms with Crippen LogP contribution in [0.2, 0.25) is 0 Å². The smallest absolute Gasteiger partial charge is 0.279 e. The molecular formula is C22H24N4O3. The Kier molecular flexibility index (Phi) is 4.58. The third kappa shape index (κ3) is 3.64. The summed E-state index contributed by atoms with van der Waals surface area (Å²) in [6, 6.07) is 8.36. The summed E-state index contributed by atoms with van der Waals surface area (Å²) in [6.07, 6.45) is 9.19. The minimum absolute atomic E-state index is 0.0476. The minimum Gasteiger partial charge on any atom is -0.490 e. The Morgan fingerprint density at radius 3 is 2.76 bits per heavy atom. The highest BCUT2D eigenvalue weighted by atomic mass is 16.5. The summed E-state index contributed by atoms with van der Waals surface area (Å²) in [5.41, 5.74) is 0.725. The van der Waals surface area contributed by atoms with Crippen LogP contribution in [-0.2, 0) is 6.54 Å². The third-order valence-corrected chi connectivity index (χ3v) is 5.86. The van der Waals surface area contributed by atoms with E-state index in [1.54, 1.807) is 4.90 Å². The van der Waals surface area contributed by atoms with Crippen LogP contribution in [0.15, 0.2) is 47.7 Å². The highest BCUT2D eigenvalue weighted by molar-refractivity contribution is 5.92. The molecular weight excluding hydrogens is 368 g/mol. The summed E-state index contributed by atoms with van der Waals surface area (Å²) < 4.78 is 8.65. The summed E-state index contributed by atoms with van der Waals surface area (Å²) in [7, 11) is 0. The number of likely N-dealkylation sites (tertiary alicyclic amines) is 1. The van der Waals surface area contributed by atoms with Crippen LogP contribution in [0, 0.1) is 5.92 Å². The van der Waals surface area contributed by atoms with E-state index in [-0.39, 0.29) is 17.7 Å². The zero-order valence-electron chi connectivity index (χ0n) is 16.2. The van der Waals surface area contributed by atoms with Crippen molar-refractivity contribution in [3.63, 3.8) is 0 Å². The second-order valence-electron chi connectivity index (χ2n) is 7.98. The summed E-state index contributed by atoms with van der Waals surface area (Å²) in [5, 5.41) is 1.15. The van der Waals surface area contributed by atoms with E-state index in [0.717, 1.165) is 36.4 Å². The molecule has 1 N–H and O–H groups in total. The first kappa shape index (κ1) is 18.0. The number of carbonyl (C=O) groups excluding carboxylic acids is 1. The molecule has 5 rings (SSSR count). The van der Waals surface area contributed by atoms with Crippen molar-refractivity contribution in [2.75, 3.05) is 13.1 Å². The number of carbonyl (C=O) groups is 1. The number of piperidine rings is 1. The van der Waals surface area contributed by atoms with Crippen LogP contribution in [0.4, 0.5) is 0 Å². The van der Waals surface area contributed by atoms with E-state index in [4.69, 9.17) is 4.74 Å². The molecule has 29 heavy (non-hydrogen) atoms. The van der Waals surface area contributed by atoms with Crippen LogP contribution in [-0.4, -0.2) is 44.5 Å². The second kappa shape index (κ2) is 7.39. The molecule has 2 aliphatic rings. The highest BCUT2D eigenvalue weighted by Crippen LogP contribution is 2.34. The molecule has 150 valence electrons. The van der Waals surface area contributed by atoms with Gasteiger partial charge in [-0.15, -0.1) is 0 Å². The summed E-state index contributed by atoms with van der Waals surface area (Å²) in [5.74, 6) is 1.41. The number of rotatable bonds is 5. The number of nitrogens with one attached hydrogen (secondary N) is 1. The molecule has 0 radical (unpaired) electrons. The van der Waals surface area contributed by atoms with Crippen LogP contribution in [0.5, 0.6) is 5.75 Å². The number of H-pyrrole nitrogens is 1. The average Bonchev–Trinajstić information content (AvgIpc) is 3.47. The van der Waals surface area contributed by atoms with Gasteiger partial charge in [0.2, 0.25) is 0 Å². The predicted octanol–water partition coefficient (Wildman–Crippen LogP) is 2.82. The quantitative estimate of drug-likeness (QED) is 0.724. The van der Waals surface area contributed by atoms with Gasteiger partial charge in [0.05, 0.1) is 5.52 Å². The van der Waals surface area contributed by atoms with E-state index >= 15 is 0 Å². The largest absolute Gasteiger partial charge is 0.490 e. The maximum Gasteiger partial charge on any atom is 0.279 e. The fourth-order valence-electron chi connectivity index (χ4n) is 4.05. The number of amides is 1. The zero-order valence-corrected chi connectivity index (χ0v) is 16.2. The van der Waals surface area contributed by atoms with Crippen molar-refractivity contribution in [1.82, 2.24) is 19.4 Å². The number of fused-ring (bicyclic) bond motifs is 1. The standard InChI is InChI=1S/C22H24N4O3/c27-21-20(23-9-10-24-21)22(28)25-11-6-16(7-12-25)29-19-3-1-2-18-17(19)8-13-26(18)14-15-4-5-15/h1-3,8-10,13,15-16H,4-7,11-12,14H2,(H,24,27). The van der Waals surface area contributed by atoms with Crippen molar-refractivity contribution >= 4 is 16.8 Å². The fourth-order valence-corrected chi connectivity index (χ4v) is 4.05. The molecule has 1 aromatic carbocycles. The van der Waals surface area contributed by atoms with Gasteiger partial charge in [-0.25, -0.2) is 4.98 Å². The third-order valence-electron chi connectivity index (χ3n) is 5.86. The first-order chi connectivity index (χ1) is 14.2. The molecule has 1 amide bonds. The van der Waals surface area contributed by atoms with Gasteiger partial charge < -0.3 is 19.2 Å². The summed E-state index contributed by atoms with van der Waals surface area (Å²) in [4.78, 5) is 32.5. The van der Waals surface area contributed by atoms with Crippen molar-refractivity contribution < 1.29 is 9.53 Å². The molecule has 0 spiro atoms. The Balaban J connectivity index is 1.25. The van der Waals surface area contributed by atoms with Crippen LogP contribution in [0.3, 0.4) is 0 Å². The number of hydrogen-bond acceptors (Lipinski definition) is 4. The van der Waals surface area contributed by atoms with Crippen LogP contribution in [0.25, 0.3) is 10.9 Å². The van der Waals surface area contributed by atoms with E-state index in [2.05, 4.69) is 32.9 Å². The Hall–Kier alpha value is -3.09. The SMILES string of the molecule is O=C(c1ncc[nH]c1=O)N1CCC(Oc2cccc3c2ccn3CC2CC2)CC1. The lowest BCUT2D eigenvalue weighted by molar-refractivity contribution is 0.0590. The Bertz CT molecular complexity index is 1090. The Morgan fingerprint density at radius 1 is 1.17 bits per heavy atom. The highest BCUT2D eigenvalue weighted by Gasteiger charge is 2.27. The second-order valence-corrected chi connectivity index (χ2v) is 7.98. The van der Waals surface area contributed by atoms with Gasteiger partial charge in [-0.2, -0.15) is 0 Å². The van der Waals surface area contributed by atoms with Crippen molar-refractivity contribution in [3.05, 3.63) is 58.9 Å². The van der Waals surface area contributed by atoms with Gasteiger partial charge in [-0.3, -0.25) is 9.59 Å². The van der Waals surface area contributed by atoms with Gasteiger partial charge in [0.25, 0.3) is 11.5 Å². The van der Waals surface area contributed by atoms with E-state index < -0.39 is 5.56 Å². The first-order valence-corrected chi connectivity index (χ1v) is 10.3. The van der Waals surface area contributed by atoms with Crippen molar-refractivity contribution in [3.8, 4) is 5.75 Å². The van der Waals surface area contributed by atoms with Gasteiger partial charge in [-0.1, -0.05) is 6.07 Å². The number of ether oxygens (including phenoxy) is 1. The van der Waals surface area contributed by atoms with Crippen LogP contribution >= 0.6 is 0 Å². The lowest BCUT2D eigenvalue weighted by Gasteiger charge is -2.32. The van der Waals surface area contributed by atoms with Crippen molar-refractivity contribution in [2.24, 2.45) is 5.92 Å². The molecule has 1 aliphatic carbocycles. The maximum absolute atomic E-state index is 12.6. The Morgan fingerprint density at radius 2 is 2.00 bits per heavy atom. The number of aromatic nitrogens is 3. The molecule has 3 heterocycles. The van der Waals surface area contributed by atoms with Crippen molar-refractivity contribution in [1.29, 1.82) is 0 Å². The molecule has 2 aromatic heterocycles. The lowest BCUT2D eigenvalue weighted by Crippen LogP contribution is -2.43. The molecule has 0 atom stereocenters. The van der Waals surface area contributed by atoms with Gasteiger partial charge in [0, 0.05) is 56.5 Å². The van der Waals surface area contributed by atoms with Crippen LogP contribution < -0.4 is 10.3 Å². The molecule has 1 aliphatic heterocycles. The summed E-state index contributed by atoms with van der Waals surface area (Å²) in [6.45, 7) is 2.19. The molecule has 0 bridgehead atoms. The van der Waals surface area contributed by atoms with E-state index in [1.165, 1.54) is 30.8 Å². The monoisotopic (exact) mass is 392 g/mol. The number of nitrogens with zero attached hydrogens (tertiary/aromatic N) is 3. The maximum atomic E-state index is 12.6. The van der Waals surface area contributed by atoms with Crippen molar-refractivity contribution in [2.45, 2.75) is 38.3 Å². The first-order valence-electron chi connectivity index (χ1n) is 10.3. The van der Waals surface area contributed by atoms with Gasteiger partial charge in [0.15, 0.2) is 5.69 Å². The number of hydrogen-bond donors (Lipinski definition) is 1. The topological polar surface area (TPSA) is 80.2 Å². The van der Waals surface area contributed by atoms with Gasteiger partial charge >= 0.3 is 0 Å². The van der Waals surface area contributed by atoms with Gasteiger partial charge in [-0.05, 0) is 37.0 Å². The fraction of sp³-hybridized carbons (Fsp3) is 0.409. The molecule has 7 nitrogen and oxygen atoms in total. The summed E-state index contributed by atoms with van der Waals surface area (Å²) >= 11 is 0. The van der Waals surface area contributed by atoms with E-state index in [0.29, 0.717) is 13.1 Å². The molecule has 2 fully saturated rings. The number of aromatic amines is 1. The molecule has 7 heteroatoms. The lowest BCUT2D eigenvalue weighted by atomic mass is 10.1. The predicted molar refractivity (Wildman–Crippen MR) is 109 cm³/mol. The molecule has 1 saturated carbocycles. The molecule has 0 unspecified atom stereocenters. The normalized spacial score (nSPS) is 17.6. The Labute approximate surface area is 168 Å². The molecule has 3 aromatic rings. The van der Waals surface area contributed by atoms with E-state index in [1.807, 2.05) is 12.1 Å². The van der Waals surface area contributed by atoms with E-state index in [9.17, 15) is 9.59 Å². The van der Waals surface area contributed by atoms with Crippen LogP contribution in [0.1, 0.15) is 36.2 Å². The number of benzene rings is 1. The zero-order chi connectivity index (χ0) is 19.8. The minimum atomic E-state index is -0.446. The molecule has 1 saturated heterocycles.